The minimum Gasteiger partial charge on any atom is -0.293 e. The topological polar surface area (TPSA) is 30.7 Å². The van der Waals surface area contributed by atoms with Crippen molar-refractivity contribution in [1.82, 2.24) is 14.5 Å². The Morgan fingerprint density at radius 1 is 0.478 bits per heavy atom. The Balaban J connectivity index is 1.29. The van der Waals surface area contributed by atoms with Gasteiger partial charge in [0.2, 0.25) is 0 Å². The quantitative estimate of drug-likeness (QED) is 0.201. The molecule has 0 bridgehead atoms. The maximum Gasteiger partial charge on any atom is 0.162 e. The summed E-state index contributed by atoms with van der Waals surface area (Å²) < 4.78 is 2.37. The van der Waals surface area contributed by atoms with Gasteiger partial charge in [0.1, 0.15) is 5.82 Å². The van der Waals surface area contributed by atoms with E-state index in [1.807, 2.05) is 0 Å². The Morgan fingerprint density at radius 3 is 1.74 bits per heavy atom. The van der Waals surface area contributed by atoms with Crippen LogP contribution in [-0.2, 0) is 5.41 Å². The zero-order valence-corrected chi connectivity index (χ0v) is 25.6. The van der Waals surface area contributed by atoms with E-state index in [-0.39, 0.29) is 5.41 Å². The molecule has 0 amide bonds. The summed E-state index contributed by atoms with van der Waals surface area (Å²) in [7, 11) is 0. The minimum atomic E-state index is -0.101. The molecule has 1 aliphatic carbocycles. The van der Waals surface area contributed by atoms with E-state index in [4.69, 9.17) is 9.97 Å². The van der Waals surface area contributed by atoms with Crippen LogP contribution in [0.4, 0.5) is 0 Å². The summed E-state index contributed by atoms with van der Waals surface area (Å²) in [6, 6.07) is 50.5. The lowest BCUT2D eigenvalue weighted by Crippen LogP contribution is -2.15. The van der Waals surface area contributed by atoms with E-state index in [0.29, 0.717) is 0 Å². The van der Waals surface area contributed by atoms with Gasteiger partial charge in [-0.3, -0.25) is 4.57 Å². The van der Waals surface area contributed by atoms with E-state index in [0.717, 1.165) is 39.1 Å². The van der Waals surface area contributed by atoms with Gasteiger partial charge >= 0.3 is 0 Å². The highest BCUT2D eigenvalue weighted by atomic mass is 15.1. The van der Waals surface area contributed by atoms with Crippen molar-refractivity contribution < 1.29 is 0 Å². The highest BCUT2D eigenvalue weighted by Gasteiger charge is 2.35. The largest absolute Gasteiger partial charge is 0.293 e. The normalized spacial score (nSPS) is 13.6. The van der Waals surface area contributed by atoms with Gasteiger partial charge in [-0.15, -0.1) is 0 Å². The van der Waals surface area contributed by atoms with E-state index in [1.165, 1.54) is 54.6 Å². The van der Waals surface area contributed by atoms with Crippen LogP contribution in [0, 0.1) is 0 Å². The van der Waals surface area contributed by atoms with Crippen molar-refractivity contribution in [3.8, 4) is 28.3 Å². The molecule has 2 heterocycles. The van der Waals surface area contributed by atoms with E-state index >= 15 is 0 Å². The standard InChI is InChI=1S/C43H29N3/c1-43(2)36-17-9-7-15-31(36)32-20-19-30(23-37(32)43)41-44-38-18-10-8-16-33(38)42(45-41)46-39-24-28-13-5-3-11-26(28)21-34(39)35-22-27-12-4-6-14-29(27)25-40(35)46/h3-25H,1-2H3. The molecule has 216 valence electrons. The minimum absolute atomic E-state index is 0.101. The second kappa shape index (κ2) is 9.12. The molecule has 7 aromatic carbocycles. The van der Waals surface area contributed by atoms with Crippen molar-refractivity contribution in [1.29, 1.82) is 0 Å². The molecule has 0 radical (unpaired) electrons. The molecule has 3 nitrogen and oxygen atoms in total. The third-order valence-corrected chi connectivity index (χ3v) is 10.1. The average molecular weight is 588 g/mol. The average Bonchev–Trinajstić information content (AvgIpc) is 3.52. The third-order valence-electron chi connectivity index (χ3n) is 10.1. The van der Waals surface area contributed by atoms with Gasteiger partial charge in [-0.1, -0.05) is 111 Å². The number of fused-ring (bicyclic) bond motifs is 9. The predicted octanol–water partition coefficient (Wildman–Crippen LogP) is 11.0. The molecule has 3 heteroatoms. The molecule has 0 fully saturated rings. The molecule has 0 aliphatic heterocycles. The lowest BCUT2D eigenvalue weighted by molar-refractivity contribution is 0.660. The highest BCUT2D eigenvalue weighted by molar-refractivity contribution is 6.17. The van der Waals surface area contributed by atoms with Crippen LogP contribution in [0.5, 0.6) is 0 Å². The summed E-state index contributed by atoms with van der Waals surface area (Å²) in [5.41, 5.74) is 9.45. The molecule has 0 spiro atoms. The molecule has 0 atom stereocenters. The molecule has 46 heavy (non-hydrogen) atoms. The molecule has 1 aliphatic rings. The second-order valence-corrected chi connectivity index (χ2v) is 13.1. The molecule has 0 unspecified atom stereocenters. The van der Waals surface area contributed by atoms with Crippen LogP contribution in [0.15, 0.2) is 140 Å². The van der Waals surface area contributed by atoms with Crippen molar-refractivity contribution in [3.05, 3.63) is 151 Å². The van der Waals surface area contributed by atoms with E-state index in [1.54, 1.807) is 0 Å². The molecule has 10 rings (SSSR count). The van der Waals surface area contributed by atoms with Crippen molar-refractivity contribution in [2.75, 3.05) is 0 Å². The van der Waals surface area contributed by atoms with Crippen LogP contribution in [0.2, 0.25) is 0 Å². The molecular formula is C43H29N3. The number of hydrogen-bond acceptors (Lipinski definition) is 2. The van der Waals surface area contributed by atoms with Gasteiger partial charge in [0.15, 0.2) is 5.82 Å². The number of rotatable bonds is 2. The van der Waals surface area contributed by atoms with Crippen molar-refractivity contribution in [2.45, 2.75) is 19.3 Å². The Morgan fingerprint density at radius 2 is 1.04 bits per heavy atom. The predicted molar refractivity (Wildman–Crippen MR) is 192 cm³/mol. The first kappa shape index (κ1) is 25.5. The van der Waals surface area contributed by atoms with Crippen molar-refractivity contribution in [2.24, 2.45) is 0 Å². The molecule has 0 saturated carbocycles. The molecule has 2 aromatic heterocycles. The highest BCUT2D eigenvalue weighted by Crippen LogP contribution is 2.49. The van der Waals surface area contributed by atoms with E-state index in [9.17, 15) is 0 Å². The van der Waals surface area contributed by atoms with Gasteiger partial charge in [0, 0.05) is 27.1 Å². The van der Waals surface area contributed by atoms with Crippen LogP contribution in [0.1, 0.15) is 25.0 Å². The van der Waals surface area contributed by atoms with Gasteiger partial charge in [0.05, 0.1) is 16.6 Å². The Labute approximate surface area is 266 Å². The maximum atomic E-state index is 5.45. The van der Waals surface area contributed by atoms with Crippen molar-refractivity contribution in [3.63, 3.8) is 0 Å². The van der Waals surface area contributed by atoms with Crippen molar-refractivity contribution >= 4 is 54.3 Å². The summed E-state index contributed by atoms with van der Waals surface area (Å²) in [6.45, 7) is 4.64. The zero-order chi connectivity index (χ0) is 30.6. The Bertz CT molecular complexity index is 2640. The molecule has 9 aromatic rings. The van der Waals surface area contributed by atoms with Gasteiger partial charge in [-0.2, -0.15) is 0 Å². The van der Waals surface area contributed by atoms with Gasteiger partial charge in [-0.25, -0.2) is 9.97 Å². The fourth-order valence-electron chi connectivity index (χ4n) is 7.82. The summed E-state index contributed by atoms with van der Waals surface area (Å²) in [6.07, 6.45) is 0. The number of hydrogen-bond donors (Lipinski definition) is 0. The van der Waals surface area contributed by atoms with Crippen LogP contribution in [0.25, 0.3) is 82.6 Å². The van der Waals surface area contributed by atoms with Crippen LogP contribution >= 0.6 is 0 Å². The van der Waals surface area contributed by atoms with Gasteiger partial charge in [0.25, 0.3) is 0 Å². The molecule has 0 saturated heterocycles. The maximum absolute atomic E-state index is 5.45. The number of aromatic nitrogens is 3. The first-order chi connectivity index (χ1) is 22.5. The fourth-order valence-corrected chi connectivity index (χ4v) is 7.82. The second-order valence-electron chi connectivity index (χ2n) is 13.1. The van der Waals surface area contributed by atoms with Gasteiger partial charge < -0.3 is 0 Å². The monoisotopic (exact) mass is 587 g/mol. The number of benzene rings is 7. The fraction of sp³-hybridized carbons (Fsp3) is 0.0698. The summed E-state index contributed by atoms with van der Waals surface area (Å²) in [5.74, 6) is 1.63. The first-order valence-corrected chi connectivity index (χ1v) is 15.9. The number of nitrogens with zero attached hydrogens (tertiary/aromatic N) is 3. The van der Waals surface area contributed by atoms with Crippen LogP contribution < -0.4 is 0 Å². The molecule has 0 N–H and O–H groups in total. The van der Waals surface area contributed by atoms with Crippen LogP contribution in [0.3, 0.4) is 0 Å². The SMILES string of the molecule is CC1(C)c2ccccc2-c2ccc(-c3nc(-n4c5cc6ccccc6cc5c5cc6ccccc6cc54)c4ccccc4n3)cc21. The Hall–Kier alpha value is -5.80. The number of para-hydroxylation sites is 1. The lowest BCUT2D eigenvalue weighted by Gasteiger charge is -2.22. The smallest absolute Gasteiger partial charge is 0.162 e. The summed E-state index contributed by atoms with van der Waals surface area (Å²) in [5, 5.41) is 8.36. The van der Waals surface area contributed by atoms with Crippen LogP contribution in [-0.4, -0.2) is 14.5 Å². The first-order valence-electron chi connectivity index (χ1n) is 15.9. The summed E-state index contributed by atoms with van der Waals surface area (Å²) >= 11 is 0. The van der Waals surface area contributed by atoms with E-state index in [2.05, 4.69) is 158 Å². The van der Waals surface area contributed by atoms with E-state index < -0.39 is 0 Å². The zero-order valence-electron chi connectivity index (χ0n) is 25.6. The van der Waals surface area contributed by atoms with Gasteiger partial charge in [-0.05, 0) is 86.3 Å². The Kier molecular flexibility index (Phi) is 5.06. The summed E-state index contributed by atoms with van der Waals surface area (Å²) in [4.78, 5) is 10.6. The third kappa shape index (κ3) is 3.48. The lowest BCUT2D eigenvalue weighted by atomic mass is 9.82. The molecular weight excluding hydrogens is 558 g/mol.